The van der Waals surface area contributed by atoms with Gasteiger partial charge in [-0.1, -0.05) is 6.07 Å². The molecule has 5 heteroatoms. The lowest BCUT2D eigenvalue weighted by atomic mass is 9.95. The molecular weight excluding hydrogens is 298 g/mol. The van der Waals surface area contributed by atoms with Crippen LogP contribution in [0.5, 0.6) is 0 Å². The van der Waals surface area contributed by atoms with Gasteiger partial charge in [0, 0.05) is 42.1 Å². The minimum absolute atomic E-state index is 0.512. The van der Waals surface area contributed by atoms with E-state index in [9.17, 15) is 0 Å². The fraction of sp³-hybridized carbons (Fsp3) is 0.368. The Morgan fingerprint density at radius 3 is 3.12 bits per heavy atom. The van der Waals surface area contributed by atoms with Crippen molar-refractivity contribution in [3.63, 3.8) is 0 Å². The van der Waals surface area contributed by atoms with E-state index in [1.54, 1.807) is 0 Å². The van der Waals surface area contributed by atoms with Crippen molar-refractivity contribution in [2.45, 2.75) is 25.7 Å². The fourth-order valence-corrected chi connectivity index (χ4v) is 3.43. The van der Waals surface area contributed by atoms with Gasteiger partial charge in [-0.3, -0.25) is 4.98 Å². The minimum Gasteiger partial charge on any atom is -0.385 e. The third-order valence-electron chi connectivity index (χ3n) is 4.66. The summed E-state index contributed by atoms with van der Waals surface area (Å²) >= 11 is 0. The molecule has 0 spiro atoms. The molecule has 0 aliphatic carbocycles. The largest absolute Gasteiger partial charge is 0.385 e. The predicted octanol–water partition coefficient (Wildman–Crippen LogP) is 3.30. The molecule has 3 aromatic heterocycles. The molecule has 1 aliphatic rings. The number of hydrogen-bond acceptors (Lipinski definition) is 4. The molecule has 0 bridgehead atoms. The highest BCUT2D eigenvalue weighted by molar-refractivity contribution is 5.80. The number of fused-ring (bicyclic) bond motifs is 1. The van der Waals surface area contributed by atoms with Crippen LogP contribution in [0.3, 0.4) is 0 Å². The van der Waals surface area contributed by atoms with Gasteiger partial charge in [0.2, 0.25) is 0 Å². The number of pyridine rings is 2. The monoisotopic (exact) mass is 321 g/mol. The maximum atomic E-state index is 4.95. The lowest BCUT2D eigenvalue weighted by Crippen LogP contribution is -2.28. The van der Waals surface area contributed by atoms with E-state index in [1.807, 2.05) is 23.0 Å². The van der Waals surface area contributed by atoms with Gasteiger partial charge in [0.05, 0.1) is 17.4 Å². The Hall–Kier alpha value is -2.40. The van der Waals surface area contributed by atoms with Gasteiger partial charge in [-0.2, -0.15) is 5.10 Å². The van der Waals surface area contributed by atoms with Crippen molar-refractivity contribution in [2.75, 3.05) is 25.0 Å². The molecule has 5 nitrogen and oxygen atoms in total. The molecular formula is C19H23N5. The Morgan fingerprint density at radius 2 is 2.29 bits per heavy atom. The Kier molecular flexibility index (Phi) is 4.17. The van der Waals surface area contributed by atoms with E-state index in [0.717, 1.165) is 42.1 Å². The van der Waals surface area contributed by atoms with Crippen LogP contribution in [0.2, 0.25) is 0 Å². The summed E-state index contributed by atoms with van der Waals surface area (Å²) < 4.78 is 1.91. The van der Waals surface area contributed by atoms with E-state index >= 15 is 0 Å². The van der Waals surface area contributed by atoms with Crippen molar-refractivity contribution in [3.05, 3.63) is 48.4 Å². The molecule has 24 heavy (non-hydrogen) atoms. The maximum absolute atomic E-state index is 4.95. The number of nitrogens with one attached hydrogen (secondary N) is 2. The van der Waals surface area contributed by atoms with E-state index in [-0.39, 0.29) is 0 Å². The van der Waals surface area contributed by atoms with E-state index in [1.165, 1.54) is 18.5 Å². The summed E-state index contributed by atoms with van der Waals surface area (Å²) in [6.07, 6.45) is 6.34. The van der Waals surface area contributed by atoms with Crippen LogP contribution in [-0.4, -0.2) is 34.2 Å². The molecule has 0 saturated carbocycles. The summed E-state index contributed by atoms with van der Waals surface area (Å²) in [5.74, 6) is 0.512. The summed E-state index contributed by atoms with van der Waals surface area (Å²) in [7, 11) is 0. The molecule has 4 heterocycles. The first-order chi connectivity index (χ1) is 11.8. The van der Waals surface area contributed by atoms with Gasteiger partial charge in [-0.15, -0.1) is 0 Å². The standard InChI is InChI=1S/C19H23N5/c1-2-21-15-8-10-24-19(11-15)16(13-22-24)18-7-3-6-17(23-18)14-5-4-9-20-12-14/h3,6-8,10-11,13-14,20-21H,2,4-5,9,12H2,1H3. The van der Waals surface area contributed by atoms with E-state index in [2.05, 4.69) is 46.9 Å². The van der Waals surface area contributed by atoms with Gasteiger partial charge >= 0.3 is 0 Å². The third kappa shape index (κ3) is 2.87. The third-order valence-corrected chi connectivity index (χ3v) is 4.66. The van der Waals surface area contributed by atoms with Crippen LogP contribution in [-0.2, 0) is 0 Å². The van der Waals surface area contributed by atoms with Crippen molar-refractivity contribution in [2.24, 2.45) is 0 Å². The van der Waals surface area contributed by atoms with Crippen LogP contribution < -0.4 is 10.6 Å². The summed E-state index contributed by atoms with van der Waals surface area (Å²) in [6, 6.07) is 10.5. The number of nitrogens with zero attached hydrogens (tertiary/aromatic N) is 3. The Balaban J connectivity index is 1.72. The normalized spacial score (nSPS) is 18.0. The molecule has 1 unspecified atom stereocenters. The second-order valence-corrected chi connectivity index (χ2v) is 6.32. The van der Waals surface area contributed by atoms with Crippen LogP contribution in [0, 0.1) is 0 Å². The number of piperidine rings is 1. The second-order valence-electron chi connectivity index (χ2n) is 6.32. The first-order valence-corrected chi connectivity index (χ1v) is 8.74. The smallest absolute Gasteiger partial charge is 0.0776 e. The van der Waals surface area contributed by atoms with E-state index in [0.29, 0.717) is 5.92 Å². The number of anilines is 1. The number of aromatic nitrogens is 3. The zero-order valence-electron chi connectivity index (χ0n) is 14.0. The van der Waals surface area contributed by atoms with Crippen LogP contribution in [0.15, 0.2) is 42.7 Å². The van der Waals surface area contributed by atoms with Gasteiger partial charge in [0.1, 0.15) is 0 Å². The highest BCUT2D eigenvalue weighted by Gasteiger charge is 2.17. The first-order valence-electron chi connectivity index (χ1n) is 8.74. The minimum atomic E-state index is 0.512. The highest BCUT2D eigenvalue weighted by Crippen LogP contribution is 2.28. The summed E-state index contributed by atoms with van der Waals surface area (Å²) in [4.78, 5) is 4.95. The topological polar surface area (TPSA) is 54.2 Å². The van der Waals surface area contributed by atoms with Crippen LogP contribution in [0.4, 0.5) is 5.69 Å². The molecule has 1 fully saturated rings. The zero-order chi connectivity index (χ0) is 16.4. The lowest BCUT2D eigenvalue weighted by Gasteiger charge is -2.22. The lowest BCUT2D eigenvalue weighted by molar-refractivity contribution is 0.455. The molecule has 1 saturated heterocycles. The van der Waals surface area contributed by atoms with Gasteiger partial charge in [0.25, 0.3) is 0 Å². The van der Waals surface area contributed by atoms with E-state index < -0.39 is 0 Å². The zero-order valence-corrected chi connectivity index (χ0v) is 14.0. The molecule has 0 amide bonds. The average molecular weight is 321 g/mol. The van der Waals surface area contributed by atoms with Crippen molar-refractivity contribution >= 4 is 11.2 Å². The second kappa shape index (κ2) is 6.61. The SMILES string of the molecule is CCNc1ccn2ncc(-c3cccc(C4CCCNC4)n3)c2c1. The Bertz CT molecular complexity index is 833. The van der Waals surface area contributed by atoms with Gasteiger partial charge in [0.15, 0.2) is 0 Å². The summed E-state index contributed by atoms with van der Waals surface area (Å²) in [5.41, 5.74) is 5.46. The Morgan fingerprint density at radius 1 is 1.33 bits per heavy atom. The van der Waals surface area contributed by atoms with Crippen molar-refractivity contribution < 1.29 is 0 Å². The van der Waals surface area contributed by atoms with Crippen molar-refractivity contribution in [1.82, 2.24) is 19.9 Å². The molecule has 0 radical (unpaired) electrons. The first kappa shape index (κ1) is 15.1. The molecule has 124 valence electrons. The molecule has 1 aliphatic heterocycles. The molecule has 1 atom stereocenters. The Labute approximate surface area is 142 Å². The maximum Gasteiger partial charge on any atom is 0.0776 e. The predicted molar refractivity (Wildman–Crippen MR) is 97.4 cm³/mol. The van der Waals surface area contributed by atoms with Crippen LogP contribution >= 0.6 is 0 Å². The average Bonchev–Trinajstić information content (AvgIpc) is 3.06. The highest BCUT2D eigenvalue weighted by atomic mass is 15.2. The van der Waals surface area contributed by atoms with Gasteiger partial charge in [-0.25, -0.2) is 4.52 Å². The number of hydrogen-bond donors (Lipinski definition) is 2. The van der Waals surface area contributed by atoms with Crippen molar-refractivity contribution in [1.29, 1.82) is 0 Å². The van der Waals surface area contributed by atoms with Gasteiger partial charge < -0.3 is 10.6 Å². The summed E-state index contributed by atoms with van der Waals surface area (Å²) in [5, 5.41) is 11.3. The number of rotatable bonds is 4. The van der Waals surface area contributed by atoms with E-state index in [4.69, 9.17) is 4.98 Å². The van der Waals surface area contributed by atoms with Crippen LogP contribution in [0.25, 0.3) is 16.8 Å². The molecule has 2 N–H and O–H groups in total. The quantitative estimate of drug-likeness (QED) is 0.774. The van der Waals surface area contributed by atoms with Crippen LogP contribution in [0.1, 0.15) is 31.4 Å². The molecule has 4 rings (SSSR count). The fourth-order valence-electron chi connectivity index (χ4n) is 3.43. The van der Waals surface area contributed by atoms with Crippen molar-refractivity contribution in [3.8, 4) is 11.3 Å². The molecule has 0 aromatic carbocycles. The van der Waals surface area contributed by atoms with Gasteiger partial charge in [-0.05, 0) is 50.6 Å². The summed E-state index contributed by atoms with van der Waals surface area (Å²) in [6.45, 7) is 5.15. The molecule has 3 aromatic rings.